The van der Waals surface area contributed by atoms with Crippen molar-refractivity contribution < 1.29 is 4.79 Å². The van der Waals surface area contributed by atoms with Gasteiger partial charge >= 0.3 is 0 Å². The van der Waals surface area contributed by atoms with E-state index in [0.29, 0.717) is 17.2 Å². The smallest absolute Gasteiger partial charge is 0.258 e. The van der Waals surface area contributed by atoms with Gasteiger partial charge in [-0.25, -0.2) is 0 Å². The summed E-state index contributed by atoms with van der Waals surface area (Å²) in [5, 5.41) is 6.83. The van der Waals surface area contributed by atoms with Crippen LogP contribution in [0.1, 0.15) is 23.5 Å². The summed E-state index contributed by atoms with van der Waals surface area (Å²) in [6, 6.07) is 7.91. The van der Waals surface area contributed by atoms with Gasteiger partial charge in [0.25, 0.3) is 5.56 Å². The Hall–Kier alpha value is -2.61. The lowest BCUT2D eigenvalue weighted by molar-refractivity contribution is -0.116. The summed E-state index contributed by atoms with van der Waals surface area (Å²) in [6.07, 6.45) is 3.58. The first-order valence-corrected chi connectivity index (χ1v) is 8.29. The molecule has 1 aliphatic rings. The number of nitrogens with one attached hydrogen (secondary N) is 2. The maximum absolute atomic E-state index is 12.5. The Bertz CT molecular complexity index is 960. The molecule has 116 valence electrons. The molecule has 1 amide bonds. The number of anilines is 1. The van der Waals surface area contributed by atoms with Gasteiger partial charge in [0.15, 0.2) is 0 Å². The van der Waals surface area contributed by atoms with Gasteiger partial charge in [-0.1, -0.05) is 12.1 Å². The minimum Gasteiger partial charge on any atom is -0.310 e. The number of fused-ring (bicyclic) bond motifs is 3. The topological polar surface area (TPSA) is 92.1 Å². The molecule has 2 aromatic heterocycles. The van der Waals surface area contributed by atoms with Gasteiger partial charge in [0.2, 0.25) is 11.7 Å². The molecule has 23 heavy (non-hydrogen) atoms. The summed E-state index contributed by atoms with van der Waals surface area (Å²) in [7, 11) is 0. The number of benzene rings is 1. The number of carbonyl (C=O) groups excluding carboxylic acids is 1. The second-order valence-corrected chi connectivity index (χ2v) is 6.17. The zero-order chi connectivity index (χ0) is 16.0. The first-order valence-electron chi connectivity index (χ1n) is 7.07. The number of aromatic nitrogens is 4. The molecule has 1 unspecified atom stereocenters. The van der Waals surface area contributed by atoms with Gasteiger partial charge < -0.3 is 5.32 Å². The monoisotopic (exact) mass is 327 g/mol. The number of aromatic amines is 1. The Morgan fingerprint density at radius 1 is 1.26 bits per heavy atom. The predicted octanol–water partition coefficient (Wildman–Crippen LogP) is 1.61. The van der Waals surface area contributed by atoms with Crippen LogP contribution in [0.4, 0.5) is 5.82 Å². The van der Waals surface area contributed by atoms with Crippen LogP contribution in [0.25, 0.3) is 5.78 Å². The number of nitrogens with zero attached hydrogens (tertiary/aromatic N) is 3. The van der Waals surface area contributed by atoms with Crippen LogP contribution in [0.15, 0.2) is 40.3 Å². The van der Waals surface area contributed by atoms with Gasteiger partial charge in [-0.2, -0.15) is 14.6 Å². The molecule has 0 radical (unpaired) electrons. The minimum absolute atomic E-state index is 0.140. The Morgan fingerprint density at radius 2 is 2.04 bits per heavy atom. The molecular weight excluding hydrogens is 314 g/mol. The quantitative estimate of drug-likeness (QED) is 0.698. The molecular formula is C15H13N5O2S. The van der Waals surface area contributed by atoms with E-state index in [1.54, 1.807) is 11.8 Å². The van der Waals surface area contributed by atoms with Crippen LogP contribution >= 0.6 is 11.8 Å². The van der Waals surface area contributed by atoms with Gasteiger partial charge in [0.1, 0.15) is 12.1 Å². The van der Waals surface area contributed by atoms with Crippen LogP contribution in [-0.2, 0) is 4.79 Å². The van der Waals surface area contributed by atoms with Gasteiger partial charge in [0, 0.05) is 17.2 Å². The molecule has 1 aliphatic heterocycles. The van der Waals surface area contributed by atoms with Crippen molar-refractivity contribution in [3.8, 4) is 0 Å². The van der Waals surface area contributed by atoms with Crippen molar-refractivity contribution in [1.29, 1.82) is 0 Å². The number of hydrogen-bond acceptors (Lipinski definition) is 5. The van der Waals surface area contributed by atoms with Crippen molar-refractivity contribution in [2.24, 2.45) is 0 Å². The van der Waals surface area contributed by atoms with Crippen LogP contribution in [0, 0.1) is 0 Å². The van der Waals surface area contributed by atoms with Crippen LogP contribution in [-0.4, -0.2) is 31.7 Å². The van der Waals surface area contributed by atoms with Crippen molar-refractivity contribution in [3.63, 3.8) is 0 Å². The molecule has 3 aromatic rings. The SMILES string of the molecule is CSc1ccc(C2CC(=O)Nc3c2c(=O)[nH]c2ncnn32)cc1. The van der Waals surface area contributed by atoms with Gasteiger partial charge in [-0.15, -0.1) is 11.8 Å². The number of rotatable bonds is 2. The molecule has 8 heteroatoms. The fourth-order valence-corrected chi connectivity index (χ4v) is 3.32. The standard InChI is InChI=1S/C15H13N5O2S/c1-23-9-4-2-8(3-5-9)10-6-11(21)18-13-12(10)14(22)19-15-16-7-17-20(13)15/h2-5,7,10H,6H2,1H3,(H,18,21)(H,16,17,19,22). The van der Waals surface area contributed by atoms with Crippen molar-refractivity contribution >= 4 is 29.3 Å². The molecule has 1 aromatic carbocycles. The van der Waals surface area contributed by atoms with Crippen molar-refractivity contribution in [2.75, 3.05) is 11.6 Å². The highest BCUT2D eigenvalue weighted by molar-refractivity contribution is 7.98. The lowest BCUT2D eigenvalue weighted by Crippen LogP contribution is -2.32. The van der Waals surface area contributed by atoms with Crippen molar-refractivity contribution in [1.82, 2.24) is 19.6 Å². The van der Waals surface area contributed by atoms with Crippen LogP contribution < -0.4 is 10.9 Å². The number of H-pyrrole nitrogens is 1. The van der Waals surface area contributed by atoms with Gasteiger partial charge in [0.05, 0.1) is 5.56 Å². The summed E-state index contributed by atoms with van der Waals surface area (Å²) in [5.41, 5.74) is 1.20. The van der Waals surface area contributed by atoms with E-state index in [4.69, 9.17) is 0 Å². The second kappa shape index (κ2) is 5.24. The Balaban J connectivity index is 1.93. The minimum atomic E-state index is -0.299. The molecule has 4 rings (SSSR count). The number of thioether (sulfide) groups is 1. The second-order valence-electron chi connectivity index (χ2n) is 5.29. The summed E-state index contributed by atoms with van der Waals surface area (Å²) < 4.78 is 1.46. The molecule has 0 spiro atoms. The summed E-state index contributed by atoms with van der Waals surface area (Å²) in [5.74, 6) is 0.273. The highest BCUT2D eigenvalue weighted by atomic mass is 32.2. The van der Waals surface area contributed by atoms with E-state index >= 15 is 0 Å². The lowest BCUT2D eigenvalue weighted by Gasteiger charge is -2.25. The summed E-state index contributed by atoms with van der Waals surface area (Å²) in [4.78, 5) is 32.4. The van der Waals surface area contributed by atoms with E-state index in [1.807, 2.05) is 30.5 Å². The van der Waals surface area contributed by atoms with E-state index in [1.165, 1.54) is 10.8 Å². The molecule has 2 N–H and O–H groups in total. The average Bonchev–Trinajstić information content (AvgIpc) is 3.02. The zero-order valence-electron chi connectivity index (χ0n) is 12.2. The highest BCUT2D eigenvalue weighted by Crippen LogP contribution is 2.35. The third-order valence-electron chi connectivity index (χ3n) is 4.00. The Kier molecular flexibility index (Phi) is 3.19. The highest BCUT2D eigenvalue weighted by Gasteiger charge is 2.31. The van der Waals surface area contributed by atoms with E-state index in [9.17, 15) is 9.59 Å². The van der Waals surface area contributed by atoms with Gasteiger partial charge in [-0.3, -0.25) is 14.6 Å². The number of carbonyl (C=O) groups is 1. The lowest BCUT2D eigenvalue weighted by atomic mass is 9.87. The van der Waals surface area contributed by atoms with Crippen LogP contribution in [0.5, 0.6) is 0 Å². The predicted molar refractivity (Wildman–Crippen MR) is 86.9 cm³/mol. The number of amides is 1. The Morgan fingerprint density at radius 3 is 2.78 bits per heavy atom. The first-order chi connectivity index (χ1) is 11.2. The van der Waals surface area contributed by atoms with E-state index in [0.717, 1.165) is 10.5 Å². The maximum atomic E-state index is 12.5. The van der Waals surface area contributed by atoms with Gasteiger partial charge in [-0.05, 0) is 24.0 Å². The van der Waals surface area contributed by atoms with E-state index < -0.39 is 0 Å². The summed E-state index contributed by atoms with van der Waals surface area (Å²) >= 11 is 1.65. The van der Waals surface area contributed by atoms with Crippen molar-refractivity contribution in [2.45, 2.75) is 17.2 Å². The number of hydrogen-bond donors (Lipinski definition) is 2. The fourth-order valence-electron chi connectivity index (χ4n) is 2.92. The van der Waals surface area contributed by atoms with Crippen LogP contribution in [0.2, 0.25) is 0 Å². The normalized spacial score (nSPS) is 17.1. The molecule has 0 saturated heterocycles. The molecule has 0 aliphatic carbocycles. The third kappa shape index (κ3) is 2.22. The average molecular weight is 327 g/mol. The van der Waals surface area contributed by atoms with E-state index in [-0.39, 0.29) is 23.8 Å². The molecule has 1 atom stereocenters. The molecule has 7 nitrogen and oxygen atoms in total. The molecule has 0 fully saturated rings. The molecule has 3 heterocycles. The third-order valence-corrected chi connectivity index (χ3v) is 4.74. The first kappa shape index (κ1) is 14.0. The largest absolute Gasteiger partial charge is 0.310 e. The molecule has 0 saturated carbocycles. The maximum Gasteiger partial charge on any atom is 0.258 e. The summed E-state index contributed by atoms with van der Waals surface area (Å²) in [6.45, 7) is 0. The Labute approximate surface area is 135 Å². The van der Waals surface area contributed by atoms with Crippen LogP contribution in [0.3, 0.4) is 0 Å². The van der Waals surface area contributed by atoms with E-state index in [2.05, 4.69) is 20.4 Å². The van der Waals surface area contributed by atoms with Crippen molar-refractivity contribution in [3.05, 3.63) is 52.1 Å². The fraction of sp³-hybridized carbons (Fsp3) is 0.200. The zero-order valence-corrected chi connectivity index (χ0v) is 13.1. The molecule has 0 bridgehead atoms.